The van der Waals surface area contributed by atoms with Crippen LogP contribution in [-0.2, 0) is 14.4 Å². The van der Waals surface area contributed by atoms with E-state index in [4.69, 9.17) is 10.8 Å². The summed E-state index contributed by atoms with van der Waals surface area (Å²) < 4.78 is 0. The molecular formula is C15H30N4O5. The zero-order valence-corrected chi connectivity index (χ0v) is 14.7. The molecule has 0 bridgehead atoms. The van der Waals surface area contributed by atoms with Crippen molar-refractivity contribution in [2.45, 2.75) is 44.8 Å². The van der Waals surface area contributed by atoms with Crippen molar-refractivity contribution in [1.82, 2.24) is 15.5 Å². The molecule has 0 fully saturated rings. The summed E-state index contributed by atoms with van der Waals surface area (Å²) in [5.74, 6) is -2.28. The number of aliphatic carboxylic acids is 1. The maximum absolute atomic E-state index is 12.1. The maximum atomic E-state index is 12.1. The standard InChI is InChI=1S/C15H30N4O5/c1-4-15(5-2,17-3)6-11(20)9-19(10-14(23)24)13(22)8-18-12(21)7-16/h11,17,20H,4-10,16H2,1-3H3,(H,18,21)(H,23,24). The number of nitrogens with two attached hydrogens (primary N) is 1. The van der Waals surface area contributed by atoms with Crippen molar-refractivity contribution in [2.24, 2.45) is 5.73 Å². The Kier molecular flexibility index (Phi) is 10.2. The third kappa shape index (κ3) is 7.71. The summed E-state index contributed by atoms with van der Waals surface area (Å²) >= 11 is 0. The molecule has 0 aromatic carbocycles. The number of rotatable bonds is 12. The predicted octanol–water partition coefficient (Wildman–Crippen LogP) is -1.50. The number of nitrogens with zero attached hydrogens (tertiary/aromatic N) is 1. The van der Waals surface area contributed by atoms with Crippen molar-refractivity contribution in [3.63, 3.8) is 0 Å². The smallest absolute Gasteiger partial charge is 0.323 e. The van der Waals surface area contributed by atoms with Crippen LogP contribution in [0.25, 0.3) is 0 Å². The molecule has 0 aliphatic rings. The molecule has 1 atom stereocenters. The third-order valence-electron chi connectivity index (χ3n) is 4.24. The van der Waals surface area contributed by atoms with Crippen LogP contribution in [0.5, 0.6) is 0 Å². The van der Waals surface area contributed by atoms with Crippen molar-refractivity contribution in [2.75, 3.05) is 33.2 Å². The first-order chi connectivity index (χ1) is 11.2. The molecule has 0 rings (SSSR count). The van der Waals surface area contributed by atoms with Gasteiger partial charge in [0.15, 0.2) is 0 Å². The third-order valence-corrected chi connectivity index (χ3v) is 4.24. The van der Waals surface area contributed by atoms with Gasteiger partial charge in [0.25, 0.3) is 0 Å². The van der Waals surface area contributed by atoms with Gasteiger partial charge in [0.05, 0.1) is 19.2 Å². The van der Waals surface area contributed by atoms with Crippen molar-refractivity contribution in [3.05, 3.63) is 0 Å². The molecule has 0 spiro atoms. The van der Waals surface area contributed by atoms with Gasteiger partial charge in [-0.2, -0.15) is 0 Å². The number of carbonyl (C=O) groups excluding carboxylic acids is 2. The summed E-state index contributed by atoms with van der Waals surface area (Å²) in [6.07, 6.45) is 1.08. The normalized spacial score (nSPS) is 12.5. The van der Waals surface area contributed by atoms with Gasteiger partial charge in [-0.15, -0.1) is 0 Å². The van der Waals surface area contributed by atoms with Gasteiger partial charge in [-0.1, -0.05) is 13.8 Å². The van der Waals surface area contributed by atoms with Crippen LogP contribution >= 0.6 is 0 Å². The van der Waals surface area contributed by atoms with Crippen molar-refractivity contribution >= 4 is 17.8 Å². The first kappa shape index (κ1) is 22.3. The zero-order valence-electron chi connectivity index (χ0n) is 14.7. The lowest BCUT2D eigenvalue weighted by molar-refractivity contribution is -0.145. The van der Waals surface area contributed by atoms with Crippen LogP contribution in [0.1, 0.15) is 33.1 Å². The highest BCUT2D eigenvalue weighted by atomic mass is 16.4. The van der Waals surface area contributed by atoms with Crippen molar-refractivity contribution in [3.8, 4) is 0 Å². The first-order valence-electron chi connectivity index (χ1n) is 8.06. The summed E-state index contributed by atoms with van der Waals surface area (Å²) in [7, 11) is 1.81. The number of carbonyl (C=O) groups is 3. The van der Waals surface area contributed by atoms with E-state index < -0.39 is 30.4 Å². The van der Waals surface area contributed by atoms with Gasteiger partial charge in [-0.25, -0.2) is 0 Å². The number of carboxylic acid groups (broad SMARTS) is 1. The van der Waals surface area contributed by atoms with Gasteiger partial charge < -0.3 is 31.5 Å². The number of hydrogen-bond acceptors (Lipinski definition) is 6. The van der Waals surface area contributed by atoms with E-state index in [9.17, 15) is 19.5 Å². The average molecular weight is 346 g/mol. The molecule has 0 radical (unpaired) electrons. The lowest BCUT2D eigenvalue weighted by Gasteiger charge is -2.35. The van der Waals surface area contributed by atoms with Crippen molar-refractivity contribution in [1.29, 1.82) is 0 Å². The minimum atomic E-state index is -1.19. The zero-order chi connectivity index (χ0) is 18.8. The lowest BCUT2D eigenvalue weighted by Crippen LogP contribution is -2.50. The second-order valence-electron chi connectivity index (χ2n) is 5.74. The molecule has 0 aliphatic carbocycles. The van der Waals surface area contributed by atoms with E-state index in [0.717, 1.165) is 17.7 Å². The fraction of sp³-hybridized carbons (Fsp3) is 0.800. The Bertz CT molecular complexity index is 418. The van der Waals surface area contributed by atoms with Crippen LogP contribution in [0.15, 0.2) is 0 Å². The molecule has 2 amide bonds. The number of amides is 2. The minimum absolute atomic E-state index is 0.118. The molecule has 0 heterocycles. The summed E-state index contributed by atoms with van der Waals surface area (Å²) in [4.78, 5) is 35.2. The van der Waals surface area contributed by atoms with Crippen molar-refractivity contribution < 1.29 is 24.6 Å². The van der Waals surface area contributed by atoms with E-state index in [1.165, 1.54) is 0 Å². The van der Waals surface area contributed by atoms with E-state index in [-0.39, 0.29) is 25.2 Å². The van der Waals surface area contributed by atoms with Crippen LogP contribution in [-0.4, -0.2) is 77.8 Å². The highest BCUT2D eigenvalue weighted by molar-refractivity contribution is 5.87. The lowest BCUT2D eigenvalue weighted by atomic mass is 9.86. The molecule has 0 saturated heterocycles. The molecule has 6 N–H and O–H groups in total. The molecule has 0 saturated carbocycles. The number of nitrogens with one attached hydrogen (secondary N) is 2. The monoisotopic (exact) mass is 346 g/mol. The molecule has 0 aromatic rings. The second kappa shape index (κ2) is 11.0. The van der Waals surface area contributed by atoms with Gasteiger partial charge in [-0.3, -0.25) is 14.4 Å². The molecule has 0 aromatic heterocycles. The van der Waals surface area contributed by atoms with Gasteiger partial charge in [0, 0.05) is 12.1 Å². The Morgan fingerprint density at radius 3 is 2.25 bits per heavy atom. The Labute approximate surface area is 142 Å². The average Bonchev–Trinajstić information content (AvgIpc) is 2.56. The maximum Gasteiger partial charge on any atom is 0.323 e. The molecule has 1 unspecified atom stereocenters. The molecule has 0 aliphatic heterocycles. The Morgan fingerprint density at radius 1 is 1.25 bits per heavy atom. The molecule has 9 nitrogen and oxygen atoms in total. The Balaban J connectivity index is 4.84. The summed E-state index contributed by atoms with van der Waals surface area (Å²) in [5, 5.41) is 24.7. The first-order valence-corrected chi connectivity index (χ1v) is 8.06. The van der Waals surface area contributed by atoms with Gasteiger partial charge in [-0.05, 0) is 26.3 Å². The van der Waals surface area contributed by atoms with Crippen LogP contribution < -0.4 is 16.4 Å². The quantitative estimate of drug-likeness (QED) is 0.289. The van der Waals surface area contributed by atoms with Gasteiger partial charge in [0.2, 0.25) is 11.8 Å². The predicted molar refractivity (Wildman–Crippen MR) is 89.3 cm³/mol. The van der Waals surface area contributed by atoms with E-state index >= 15 is 0 Å². The topological polar surface area (TPSA) is 145 Å². The SMILES string of the molecule is CCC(CC)(CC(O)CN(CC(=O)O)C(=O)CNC(=O)CN)NC. The van der Waals surface area contributed by atoms with E-state index in [0.29, 0.717) is 6.42 Å². The largest absolute Gasteiger partial charge is 0.480 e. The summed E-state index contributed by atoms with van der Waals surface area (Å²) in [6.45, 7) is 2.72. The van der Waals surface area contributed by atoms with Gasteiger partial charge in [0.1, 0.15) is 6.54 Å². The van der Waals surface area contributed by atoms with E-state index in [2.05, 4.69) is 10.6 Å². The van der Waals surface area contributed by atoms with Crippen LogP contribution in [0.4, 0.5) is 0 Å². The van der Waals surface area contributed by atoms with E-state index in [1.807, 2.05) is 20.9 Å². The number of aliphatic hydroxyl groups is 1. The molecular weight excluding hydrogens is 316 g/mol. The highest BCUT2D eigenvalue weighted by Crippen LogP contribution is 2.21. The van der Waals surface area contributed by atoms with Gasteiger partial charge >= 0.3 is 5.97 Å². The molecule has 9 heteroatoms. The number of aliphatic hydroxyl groups excluding tert-OH is 1. The molecule has 24 heavy (non-hydrogen) atoms. The van der Waals surface area contributed by atoms with E-state index in [1.54, 1.807) is 0 Å². The number of carboxylic acids is 1. The Hall–Kier alpha value is -1.71. The molecule has 140 valence electrons. The highest BCUT2D eigenvalue weighted by Gasteiger charge is 2.29. The second-order valence-corrected chi connectivity index (χ2v) is 5.74. The van der Waals surface area contributed by atoms with Crippen LogP contribution in [0.3, 0.4) is 0 Å². The minimum Gasteiger partial charge on any atom is -0.480 e. The van der Waals surface area contributed by atoms with Crippen LogP contribution in [0, 0.1) is 0 Å². The Morgan fingerprint density at radius 2 is 1.83 bits per heavy atom. The fourth-order valence-electron chi connectivity index (χ4n) is 2.54. The summed E-state index contributed by atoms with van der Waals surface area (Å²) in [6, 6.07) is 0. The summed E-state index contributed by atoms with van der Waals surface area (Å²) in [5.41, 5.74) is 4.86. The fourth-order valence-corrected chi connectivity index (χ4v) is 2.54. The van der Waals surface area contributed by atoms with Crippen LogP contribution in [0.2, 0.25) is 0 Å². The number of hydrogen-bond donors (Lipinski definition) is 5.